The number of anilines is 1. The van der Waals surface area contributed by atoms with Gasteiger partial charge < -0.3 is 9.64 Å². The van der Waals surface area contributed by atoms with Crippen LogP contribution < -0.4 is 4.90 Å². The number of likely N-dealkylation sites (N-methyl/N-ethyl adjacent to an activating group) is 1. The highest BCUT2D eigenvalue weighted by molar-refractivity contribution is 9.08. The molecule has 1 aromatic heterocycles. The summed E-state index contributed by atoms with van der Waals surface area (Å²) in [6.45, 7) is 6.45. The van der Waals surface area contributed by atoms with E-state index in [0.717, 1.165) is 36.6 Å². The molecule has 1 rings (SSSR count). The average molecular weight is 290 g/mol. The van der Waals surface area contributed by atoms with Gasteiger partial charge in [-0.1, -0.05) is 15.9 Å². The minimum atomic E-state index is 0.749. The van der Waals surface area contributed by atoms with Crippen molar-refractivity contribution in [2.75, 3.05) is 31.7 Å². The zero-order valence-electron chi connectivity index (χ0n) is 10.5. The molecule has 0 saturated carbocycles. The average Bonchev–Trinajstić information content (AvgIpc) is 2.53. The number of rotatable bonds is 6. The van der Waals surface area contributed by atoms with Crippen molar-refractivity contribution in [1.82, 2.24) is 9.78 Å². The summed E-state index contributed by atoms with van der Waals surface area (Å²) >= 11 is 3.51. The van der Waals surface area contributed by atoms with Crippen molar-refractivity contribution < 1.29 is 4.74 Å². The molecule has 0 aliphatic carbocycles. The number of aromatic nitrogens is 2. The first-order chi connectivity index (χ1) is 7.61. The lowest BCUT2D eigenvalue weighted by Crippen LogP contribution is -2.25. The summed E-state index contributed by atoms with van der Waals surface area (Å²) in [5.41, 5.74) is 2.33. The lowest BCUT2D eigenvalue weighted by atomic mass is 10.2. The molecule has 0 bridgehead atoms. The molecular formula is C11H20BrN3O. The quantitative estimate of drug-likeness (QED) is 0.593. The van der Waals surface area contributed by atoms with Gasteiger partial charge in [0.1, 0.15) is 5.82 Å². The third kappa shape index (κ3) is 2.98. The molecule has 16 heavy (non-hydrogen) atoms. The molecule has 0 aliphatic rings. The van der Waals surface area contributed by atoms with E-state index in [0.29, 0.717) is 0 Å². The molecule has 0 amide bonds. The second kappa shape index (κ2) is 6.25. The molecule has 1 heterocycles. The van der Waals surface area contributed by atoms with Gasteiger partial charge in [-0.3, -0.25) is 4.68 Å². The van der Waals surface area contributed by atoms with E-state index in [1.807, 2.05) is 25.6 Å². The maximum atomic E-state index is 5.36. The Morgan fingerprint density at radius 3 is 2.75 bits per heavy atom. The van der Waals surface area contributed by atoms with Gasteiger partial charge in [0.05, 0.1) is 12.3 Å². The van der Waals surface area contributed by atoms with E-state index in [9.17, 15) is 0 Å². The summed E-state index contributed by atoms with van der Waals surface area (Å²) in [5.74, 6) is 1.16. The predicted octanol–water partition coefficient (Wildman–Crippen LogP) is 2.10. The van der Waals surface area contributed by atoms with Crippen LogP contribution in [0.5, 0.6) is 0 Å². The van der Waals surface area contributed by atoms with Crippen LogP contribution in [0, 0.1) is 6.92 Å². The first-order valence-electron chi connectivity index (χ1n) is 5.49. The van der Waals surface area contributed by atoms with E-state index >= 15 is 0 Å². The summed E-state index contributed by atoms with van der Waals surface area (Å²) in [6, 6.07) is 0. The summed E-state index contributed by atoms with van der Waals surface area (Å²) in [7, 11) is 4.05. The van der Waals surface area contributed by atoms with Crippen LogP contribution in [-0.4, -0.2) is 36.6 Å². The number of alkyl halides is 1. The van der Waals surface area contributed by atoms with Gasteiger partial charge in [0, 0.05) is 38.1 Å². The number of aryl methyl sites for hydroxylation is 2. The standard InChI is InChI=1S/C11H20BrN3O/c1-5-16-7-6-14(3)11-10(8-12)9(2)13-15(11)4/h5-8H2,1-4H3. The molecular weight excluding hydrogens is 270 g/mol. The first-order valence-corrected chi connectivity index (χ1v) is 6.61. The second-order valence-electron chi connectivity index (χ2n) is 3.76. The van der Waals surface area contributed by atoms with Crippen molar-refractivity contribution in [3.05, 3.63) is 11.3 Å². The summed E-state index contributed by atoms with van der Waals surface area (Å²) < 4.78 is 7.29. The van der Waals surface area contributed by atoms with Crippen molar-refractivity contribution in [2.45, 2.75) is 19.2 Å². The largest absolute Gasteiger partial charge is 0.380 e. The fraction of sp³-hybridized carbons (Fsp3) is 0.727. The number of nitrogens with zero attached hydrogens (tertiary/aromatic N) is 3. The van der Waals surface area contributed by atoms with Crippen molar-refractivity contribution in [3.8, 4) is 0 Å². The van der Waals surface area contributed by atoms with Crippen molar-refractivity contribution in [2.24, 2.45) is 7.05 Å². The Balaban J connectivity index is 2.77. The summed E-state index contributed by atoms with van der Waals surface area (Å²) in [5, 5.41) is 5.27. The van der Waals surface area contributed by atoms with Crippen LogP contribution in [0.15, 0.2) is 0 Å². The zero-order valence-corrected chi connectivity index (χ0v) is 12.0. The van der Waals surface area contributed by atoms with Gasteiger partial charge in [0.2, 0.25) is 0 Å². The molecule has 0 N–H and O–H groups in total. The molecule has 0 spiro atoms. The highest BCUT2D eigenvalue weighted by Gasteiger charge is 2.15. The second-order valence-corrected chi connectivity index (χ2v) is 4.32. The summed E-state index contributed by atoms with van der Waals surface area (Å²) in [6.07, 6.45) is 0. The van der Waals surface area contributed by atoms with Crippen molar-refractivity contribution in [1.29, 1.82) is 0 Å². The number of halogens is 1. The lowest BCUT2D eigenvalue weighted by Gasteiger charge is -2.20. The smallest absolute Gasteiger partial charge is 0.130 e. The van der Waals surface area contributed by atoms with Gasteiger partial charge >= 0.3 is 0 Å². The van der Waals surface area contributed by atoms with Crippen LogP contribution in [0.2, 0.25) is 0 Å². The third-order valence-electron chi connectivity index (χ3n) is 2.58. The molecule has 4 nitrogen and oxygen atoms in total. The predicted molar refractivity (Wildman–Crippen MR) is 70.3 cm³/mol. The number of hydrogen-bond donors (Lipinski definition) is 0. The Morgan fingerprint density at radius 2 is 2.19 bits per heavy atom. The fourth-order valence-corrected chi connectivity index (χ4v) is 2.43. The third-order valence-corrected chi connectivity index (χ3v) is 3.14. The van der Waals surface area contributed by atoms with Crippen LogP contribution in [0.4, 0.5) is 5.82 Å². The van der Waals surface area contributed by atoms with E-state index in [2.05, 4.69) is 33.0 Å². The minimum Gasteiger partial charge on any atom is -0.380 e. The highest BCUT2D eigenvalue weighted by atomic mass is 79.9. The van der Waals surface area contributed by atoms with Gasteiger partial charge in [0.15, 0.2) is 0 Å². The van der Waals surface area contributed by atoms with Gasteiger partial charge in [-0.05, 0) is 13.8 Å². The Hall–Kier alpha value is -0.550. The van der Waals surface area contributed by atoms with E-state index in [1.54, 1.807) is 0 Å². The van der Waals surface area contributed by atoms with E-state index in [1.165, 1.54) is 5.56 Å². The fourth-order valence-electron chi connectivity index (χ4n) is 1.78. The maximum absolute atomic E-state index is 5.36. The molecule has 0 saturated heterocycles. The highest BCUT2D eigenvalue weighted by Crippen LogP contribution is 2.24. The van der Waals surface area contributed by atoms with Crippen LogP contribution in [0.3, 0.4) is 0 Å². The molecule has 0 fully saturated rings. The molecule has 0 atom stereocenters. The molecule has 0 aromatic carbocycles. The van der Waals surface area contributed by atoms with E-state index in [4.69, 9.17) is 4.74 Å². The van der Waals surface area contributed by atoms with Crippen LogP contribution in [0.25, 0.3) is 0 Å². The SMILES string of the molecule is CCOCCN(C)c1c(CBr)c(C)nn1C. The Morgan fingerprint density at radius 1 is 1.50 bits per heavy atom. The van der Waals surface area contributed by atoms with Gasteiger partial charge in [-0.15, -0.1) is 0 Å². The van der Waals surface area contributed by atoms with Crippen molar-refractivity contribution >= 4 is 21.7 Å². The van der Waals surface area contributed by atoms with Crippen LogP contribution in [-0.2, 0) is 17.1 Å². The number of hydrogen-bond acceptors (Lipinski definition) is 3. The molecule has 0 radical (unpaired) electrons. The topological polar surface area (TPSA) is 30.3 Å². The van der Waals surface area contributed by atoms with Crippen LogP contribution >= 0.6 is 15.9 Å². The molecule has 5 heteroatoms. The monoisotopic (exact) mass is 289 g/mol. The van der Waals surface area contributed by atoms with Crippen LogP contribution in [0.1, 0.15) is 18.2 Å². The minimum absolute atomic E-state index is 0.749. The number of ether oxygens (including phenoxy) is 1. The first kappa shape index (κ1) is 13.5. The Labute approximate surface area is 106 Å². The molecule has 1 aromatic rings. The lowest BCUT2D eigenvalue weighted by molar-refractivity contribution is 0.154. The van der Waals surface area contributed by atoms with E-state index < -0.39 is 0 Å². The maximum Gasteiger partial charge on any atom is 0.130 e. The van der Waals surface area contributed by atoms with E-state index in [-0.39, 0.29) is 0 Å². The summed E-state index contributed by atoms with van der Waals surface area (Å²) in [4.78, 5) is 2.19. The molecule has 0 aliphatic heterocycles. The Kier molecular flexibility index (Phi) is 5.28. The molecule has 92 valence electrons. The molecule has 0 unspecified atom stereocenters. The Bertz CT molecular complexity index is 338. The zero-order chi connectivity index (χ0) is 12.1. The van der Waals surface area contributed by atoms with Gasteiger partial charge in [0.25, 0.3) is 0 Å². The normalized spacial score (nSPS) is 10.8. The van der Waals surface area contributed by atoms with Gasteiger partial charge in [-0.2, -0.15) is 5.10 Å². The van der Waals surface area contributed by atoms with Crippen molar-refractivity contribution in [3.63, 3.8) is 0 Å². The van der Waals surface area contributed by atoms with Gasteiger partial charge in [-0.25, -0.2) is 0 Å².